The number of para-hydroxylation sites is 1. The van der Waals surface area contributed by atoms with Crippen molar-refractivity contribution in [2.75, 3.05) is 26.0 Å². The molecule has 0 heterocycles. The number of hydrogen-bond donors (Lipinski definition) is 2. The van der Waals surface area contributed by atoms with Gasteiger partial charge in [0.25, 0.3) is 0 Å². The Bertz CT molecular complexity index is 1090. The molecule has 3 aromatic carbocycles. The Morgan fingerprint density at radius 3 is 2.10 bits per heavy atom. The SMILES string of the molecule is CN(C)C[C@H](NS(=O)(=O)c1ccc(Nc2ccccc2)cc1)c1ccc(Cl)c(Cl)c1. The number of benzene rings is 3. The Labute approximate surface area is 187 Å². The highest BCUT2D eigenvalue weighted by molar-refractivity contribution is 7.89. The first-order valence-corrected chi connectivity index (χ1v) is 11.5. The molecule has 8 heteroatoms. The van der Waals surface area contributed by atoms with E-state index < -0.39 is 16.1 Å². The predicted octanol–water partition coefficient (Wildman–Crippen LogP) is 5.32. The van der Waals surface area contributed by atoms with Crippen LogP contribution in [0.25, 0.3) is 0 Å². The number of sulfonamides is 1. The summed E-state index contributed by atoms with van der Waals surface area (Å²) >= 11 is 12.1. The third kappa shape index (κ3) is 5.97. The largest absolute Gasteiger partial charge is 0.356 e. The Morgan fingerprint density at radius 1 is 0.867 bits per heavy atom. The second-order valence-corrected chi connectivity index (χ2v) is 9.65. The molecule has 3 aromatic rings. The summed E-state index contributed by atoms with van der Waals surface area (Å²) in [6.07, 6.45) is 0. The zero-order valence-corrected chi connectivity index (χ0v) is 19.0. The number of anilines is 2. The smallest absolute Gasteiger partial charge is 0.241 e. The molecule has 0 unspecified atom stereocenters. The van der Waals surface area contributed by atoms with Crippen LogP contribution in [0.2, 0.25) is 10.0 Å². The normalized spacial score (nSPS) is 12.7. The lowest BCUT2D eigenvalue weighted by atomic mass is 10.1. The summed E-state index contributed by atoms with van der Waals surface area (Å²) in [4.78, 5) is 2.09. The topological polar surface area (TPSA) is 61.4 Å². The van der Waals surface area contributed by atoms with Crippen LogP contribution in [0.5, 0.6) is 0 Å². The molecule has 0 spiro atoms. The zero-order chi connectivity index (χ0) is 21.7. The number of rotatable bonds is 8. The number of nitrogens with one attached hydrogen (secondary N) is 2. The number of halogens is 2. The second-order valence-electron chi connectivity index (χ2n) is 7.13. The summed E-state index contributed by atoms with van der Waals surface area (Å²) in [5, 5.41) is 4.05. The van der Waals surface area contributed by atoms with Gasteiger partial charge in [-0.2, -0.15) is 0 Å². The summed E-state index contributed by atoms with van der Waals surface area (Å²) < 4.78 is 28.8. The molecule has 1 atom stereocenters. The van der Waals surface area contributed by atoms with E-state index in [1.54, 1.807) is 42.5 Å². The predicted molar refractivity (Wildman–Crippen MR) is 124 cm³/mol. The van der Waals surface area contributed by atoms with Crippen LogP contribution in [0.4, 0.5) is 11.4 Å². The first-order chi connectivity index (χ1) is 14.2. The second kappa shape index (κ2) is 9.81. The molecule has 3 rings (SSSR count). The van der Waals surface area contributed by atoms with Crippen LogP contribution in [0.1, 0.15) is 11.6 Å². The third-order valence-corrected chi connectivity index (χ3v) is 6.64. The van der Waals surface area contributed by atoms with E-state index in [4.69, 9.17) is 23.2 Å². The maximum Gasteiger partial charge on any atom is 0.241 e. The number of nitrogens with zero attached hydrogens (tertiary/aromatic N) is 1. The molecule has 0 radical (unpaired) electrons. The van der Waals surface area contributed by atoms with E-state index in [-0.39, 0.29) is 4.90 Å². The standard InChI is InChI=1S/C22H23Cl2N3O2S/c1-27(2)15-22(16-8-13-20(23)21(24)14-16)26-30(28,29)19-11-9-18(10-12-19)25-17-6-4-3-5-7-17/h3-14,22,25-26H,15H2,1-2H3/t22-/m0/s1. The van der Waals surface area contributed by atoms with Crippen molar-refractivity contribution in [3.63, 3.8) is 0 Å². The molecule has 0 bridgehead atoms. The zero-order valence-electron chi connectivity index (χ0n) is 16.6. The molecule has 0 aliphatic heterocycles. The van der Waals surface area contributed by atoms with Crippen LogP contribution in [0, 0.1) is 0 Å². The van der Waals surface area contributed by atoms with Crippen LogP contribution in [-0.4, -0.2) is 34.0 Å². The molecule has 0 fully saturated rings. The summed E-state index contributed by atoms with van der Waals surface area (Å²) in [5.41, 5.74) is 2.47. The van der Waals surface area contributed by atoms with Crippen molar-refractivity contribution >= 4 is 44.6 Å². The van der Waals surface area contributed by atoms with E-state index in [0.717, 1.165) is 16.9 Å². The van der Waals surface area contributed by atoms with Gasteiger partial charge in [-0.25, -0.2) is 13.1 Å². The van der Waals surface area contributed by atoms with Gasteiger partial charge in [0.2, 0.25) is 10.0 Å². The van der Waals surface area contributed by atoms with E-state index in [9.17, 15) is 8.42 Å². The van der Waals surface area contributed by atoms with E-state index in [2.05, 4.69) is 10.0 Å². The van der Waals surface area contributed by atoms with E-state index in [1.807, 2.05) is 49.3 Å². The highest BCUT2D eigenvalue weighted by Gasteiger charge is 2.22. The molecular formula is C22H23Cl2N3O2S. The lowest BCUT2D eigenvalue weighted by molar-refractivity contribution is 0.363. The molecule has 0 aliphatic rings. The summed E-state index contributed by atoms with van der Waals surface area (Å²) in [6, 6.07) is 21.0. The minimum Gasteiger partial charge on any atom is -0.356 e. The van der Waals surface area contributed by atoms with E-state index in [1.165, 1.54) is 0 Å². The van der Waals surface area contributed by atoms with E-state index in [0.29, 0.717) is 16.6 Å². The van der Waals surface area contributed by atoms with Crippen molar-refractivity contribution in [2.45, 2.75) is 10.9 Å². The average Bonchev–Trinajstić information content (AvgIpc) is 2.70. The fourth-order valence-electron chi connectivity index (χ4n) is 2.97. The van der Waals surface area contributed by atoms with Gasteiger partial charge < -0.3 is 10.2 Å². The Morgan fingerprint density at radius 2 is 1.50 bits per heavy atom. The molecule has 0 saturated carbocycles. The number of likely N-dealkylation sites (N-methyl/N-ethyl adjacent to an activating group) is 1. The van der Waals surface area contributed by atoms with Crippen LogP contribution in [0.3, 0.4) is 0 Å². The first-order valence-electron chi connectivity index (χ1n) is 9.29. The van der Waals surface area contributed by atoms with Crippen molar-refractivity contribution in [3.05, 3.63) is 88.4 Å². The van der Waals surface area contributed by atoms with Crippen LogP contribution in [-0.2, 0) is 10.0 Å². The van der Waals surface area contributed by atoms with E-state index >= 15 is 0 Å². The first kappa shape index (κ1) is 22.6. The van der Waals surface area contributed by atoms with Gasteiger partial charge in [-0.3, -0.25) is 0 Å². The monoisotopic (exact) mass is 463 g/mol. The lowest BCUT2D eigenvalue weighted by Crippen LogP contribution is -2.35. The summed E-state index contributed by atoms with van der Waals surface area (Å²) in [7, 11) is 0.00933. The maximum absolute atomic E-state index is 13.0. The molecule has 0 saturated heterocycles. The highest BCUT2D eigenvalue weighted by Crippen LogP contribution is 2.27. The third-order valence-electron chi connectivity index (χ3n) is 4.42. The fourth-order valence-corrected chi connectivity index (χ4v) is 4.49. The molecule has 158 valence electrons. The minimum atomic E-state index is -3.75. The van der Waals surface area contributed by atoms with Gasteiger partial charge in [-0.1, -0.05) is 47.5 Å². The Balaban J connectivity index is 1.80. The molecule has 0 amide bonds. The lowest BCUT2D eigenvalue weighted by Gasteiger charge is -2.23. The van der Waals surface area contributed by atoms with Gasteiger partial charge in [-0.05, 0) is 68.2 Å². The van der Waals surface area contributed by atoms with Crippen LogP contribution < -0.4 is 10.0 Å². The van der Waals surface area contributed by atoms with Gasteiger partial charge in [0.15, 0.2) is 0 Å². The summed E-state index contributed by atoms with van der Waals surface area (Å²) in [5.74, 6) is 0. The summed E-state index contributed by atoms with van der Waals surface area (Å²) in [6.45, 7) is 0.463. The van der Waals surface area contributed by atoms with Crippen molar-refractivity contribution < 1.29 is 8.42 Å². The Hall–Kier alpha value is -2.09. The molecular weight excluding hydrogens is 441 g/mol. The maximum atomic E-state index is 13.0. The molecule has 30 heavy (non-hydrogen) atoms. The van der Waals surface area contributed by atoms with Crippen molar-refractivity contribution in [2.24, 2.45) is 0 Å². The molecule has 5 nitrogen and oxygen atoms in total. The Kier molecular flexibility index (Phi) is 7.39. The van der Waals surface area contributed by atoms with Gasteiger partial charge in [0, 0.05) is 17.9 Å². The van der Waals surface area contributed by atoms with Crippen LogP contribution >= 0.6 is 23.2 Å². The van der Waals surface area contributed by atoms with Gasteiger partial charge in [0.1, 0.15) is 0 Å². The van der Waals surface area contributed by atoms with Gasteiger partial charge in [0.05, 0.1) is 21.0 Å². The van der Waals surface area contributed by atoms with Gasteiger partial charge >= 0.3 is 0 Å². The van der Waals surface area contributed by atoms with Crippen molar-refractivity contribution in [1.82, 2.24) is 9.62 Å². The molecule has 0 aromatic heterocycles. The van der Waals surface area contributed by atoms with Crippen LogP contribution in [0.15, 0.2) is 77.7 Å². The fraction of sp³-hybridized carbons (Fsp3) is 0.182. The molecule has 2 N–H and O–H groups in total. The highest BCUT2D eigenvalue weighted by atomic mass is 35.5. The minimum absolute atomic E-state index is 0.185. The van der Waals surface area contributed by atoms with Crippen molar-refractivity contribution in [1.29, 1.82) is 0 Å². The van der Waals surface area contributed by atoms with Gasteiger partial charge in [-0.15, -0.1) is 0 Å². The average molecular weight is 464 g/mol. The quantitative estimate of drug-likeness (QED) is 0.474. The molecule has 0 aliphatic carbocycles. The van der Waals surface area contributed by atoms with Crippen molar-refractivity contribution in [3.8, 4) is 0 Å². The number of hydrogen-bond acceptors (Lipinski definition) is 4.